The Morgan fingerprint density at radius 1 is 1.24 bits per heavy atom. The van der Waals surface area contributed by atoms with Gasteiger partial charge < -0.3 is 9.64 Å². The maximum Gasteiger partial charge on any atom is 0.256 e. The smallest absolute Gasteiger partial charge is 0.256 e. The summed E-state index contributed by atoms with van der Waals surface area (Å²) in [6.45, 7) is 4.37. The molecule has 25 heavy (non-hydrogen) atoms. The van der Waals surface area contributed by atoms with Crippen molar-refractivity contribution in [2.45, 2.75) is 24.7 Å². The average molecular weight is 370 g/mol. The number of hydrogen-bond acceptors (Lipinski definition) is 4. The molecule has 0 spiro atoms. The number of sulfonamides is 1. The number of amides is 1. The lowest BCUT2D eigenvalue weighted by Gasteiger charge is -2.31. The van der Waals surface area contributed by atoms with Crippen molar-refractivity contribution < 1.29 is 22.3 Å². The van der Waals surface area contributed by atoms with Crippen LogP contribution in [0.5, 0.6) is 0 Å². The van der Waals surface area contributed by atoms with Crippen LogP contribution in [0.4, 0.5) is 4.39 Å². The Labute approximate surface area is 147 Å². The Bertz CT molecular complexity index is 747. The first-order chi connectivity index (χ1) is 11.9. The predicted octanol–water partition coefficient (Wildman–Crippen LogP) is 1.72. The van der Waals surface area contributed by atoms with Crippen LogP contribution in [0.2, 0.25) is 0 Å². The fraction of sp³-hybridized carbons (Fsp3) is 0.588. The fourth-order valence-corrected chi connectivity index (χ4v) is 4.74. The van der Waals surface area contributed by atoms with Gasteiger partial charge >= 0.3 is 0 Å². The number of hydrogen-bond donors (Lipinski definition) is 0. The average Bonchev–Trinajstić information content (AvgIpc) is 2.62. The molecular formula is C17H23FN2O4S. The Morgan fingerprint density at radius 3 is 2.64 bits per heavy atom. The summed E-state index contributed by atoms with van der Waals surface area (Å²) in [5.74, 6) is -0.770. The van der Waals surface area contributed by atoms with E-state index in [1.165, 1.54) is 16.4 Å². The predicted molar refractivity (Wildman–Crippen MR) is 90.3 cm³/mol. The third kappa shape index (κ3) is 3.86. The minimum atomic E-state index is -3.76. The number of rotatable bonds is 3. The van der Waals surface area contributed by atoms with Gasteiger partial charge in [-0.15, -0.1) is 0 Å². The highest BCUT2D eigenvalue weighted by molar-refractivity contribution is 7.89. The minimum Gasteiger partial charge on any atom is -0.379 e. The van der Waals surface area contributed by atoms with E-state index in [0.29, 0.717) is 32.2 Å². The summed E-state index contributed by atoms with van der Waals surface area (Å²) >= 11 is 0. The summed E-state index contributed by atoms with van der Waals surface area (Å²) in [6.07, 6.45) is 1.91. The van der Waals surface area contributed by atoms with Gasteiger partial charge in [-0.25, -0.2) is 12.8 Å². The SMILES string of the molecule is CC1CCCN(C(=O)c2cc(S(=O)(=O)N3CCOCC3)ccc2F)C1. The van der Waals surface area contributed by atoms with Gasteiger partial charge in [-0.2, -0.15) is 4.31 Å². The van der Waals surface area contributed by atoms with Crippen LogP contribution in [0.1, 0.15) is 30.1 Å². The quantitative estimate of drug-likeness (QED) is 0.813. The number of halogens is 1. The molecule has 1 unspecified atom stereocenters. The van der Waals surface area contributed by atoms with Crippen LogP contribution in [-0.4, -0.2) is 62.9 Å². The molecule has 1 atom stereocenters. The van der Waals surface area contributed by atoms with Crippen LogP contribution < -0.4 is 0 Å². The van der Waals surface area contributed by atoms with Crippen LogP contribution in [0.15, 0.2) is 23.1 Å². The van der Waals surface area contributed by atoms with E-state index in [-0.39, 0.29) is 23.5 Å². The maximum absolute atomic E-state index is 14.2. The molecule has 1 aromatic carbocycles. The molecule has 138 valence electrons. The van der Waals surface area contributed by atoms with Crippen molar-refractivity contribution >= 4 is 15.9 Å². The number of benzene rings is 1. The first-order valence-corrected chi connectivity index (χ1v) is 10.0. The van der Waals surface area contributed by atoms with Gasteiger partial charge in [-0.3, -0.25) is 4.79 Å². The van der Waals surface area contributed by atoms with Gasteiger partial charge in [0.25, 0.3) is 5.91 Å². The highest BCUT2D eigenvalue weighted by atomic mass is 32.2. The lowest BCUT2D eigenvalue weighted by Crippen LogP contribution is -2.41. The highest BCUT2D eigenvalue weighted by Crippen LogP contribution is 2.23. The van der Waals surface area contributed by atoms with Gasteiger partial charge in [0.1, 0.15) is 5.82 Å². The molecule has 3 rings (SSSR count). The first kappa shape index (κ1) is 18.3. The van der Waals surface area contributed by atoms with Gasteiger partial charge in [-0.1, -0.05) is 6.92 Å². The zero-order chi connectivity index (χ0) is 18.0. The van der Waals surface area contributed by atoms with Crippen LogP contribution in [0.25, 0.3) is 0 Å². The summed E-state index contributed by atoms with van der Waals surface area (Å²) in [4.78, 5) is 14.2. The number of likely N-dealkylation sites (tertiary alicyclic amines) is 1. The zero-order valence-electron chi connectivity index (χ0n) is 14.3. The van der Waals surface area contributed by atoms with Crippen molar-refractivity contribution in [3.8, 4) is 0 Å². The molecule has 0 aliphatic carbocycles. The standard InChI is InChI=1S/C17H23FN2O4S/c1-13-3-2-6-19(12-13)17(21)15-11-14(4-5-16(15)18)25(22,23)20-7-9-24-10-8-20/h4-5,11,13H,2-3,6-10,12H2,1H3. The minimum absolute atomic E-state index is 0.0517. The van der Waals surface area contributed by atoms with Crippen molar-refractivity contribution in [2.75, 3.05) is 39.4 Å². The molecule has 0 bridgehead atoms. The van der Waals surface area contributed by atoms with E-state index < -0.39 is 21.7 Å². The molecule has 8 heteroatoms. The van der Waals surface area contributed by atoms with E-state index in [1.807, 2.05) is 0 Å². The fourth-order valence-electron chi connectivity index (χ4n) is 3.31. The molecule has 2 saturated heterocycles. The molecule has 1 aromatic rings. The second kappa shape index (κ2) is 7.39. The third-order valence-corrected chi connectivity index (χ3v) is 6.61. The molecule has 2 aliphatic heterocycles. The van der Waals surface area contributed by atoms with Crippen molar-refractivity contribution in [2.24, 2.45) is 5.92 Å². The molecule has 2 heterocycles. The normalized spacial score (nSPS) is 22.8. The van der Waals surface area contributed by atoms with Crippen molar-refractivity contribution in [3.63, 3.8) is 0 Å². The zero-order valence-corrected chi connectivity index (χ0v) is 15.1. The van der Waals surface area contributed by atoms with Gasteiger partial charge in [0.05, 0.1) is 23.7 Å². The number of carbonyl (C=O) groups excluding carboxylic acids is 1. The topological polar surface area (TPSA) is 66.9 Å². The first-order valence-electron chi connectivity index (χ1n) is 8.56. The molecule has 2 aliphatic rings. The second-order valence-corrected chi connectivity index (χ2v) is 8.59. The molecule has 2 fully saturated rings. The van der Waals surface area contributed by atoms with Crippen LogP contribution >= 0.6 is 0 Å². The Hall–Kier alpha value is -1.51. The number of nitrogens with zero attached hydrogens (tertiary/aromatic N) is 2. The van der Waals surface area contributed by atoms with E-state index >= 15 is 0 Å². The Kier molecular flexibility index (Phi) is 5.41. The summed E-state index contributed by atoms with van der Waals surface area (Å²) in [5.41, 5.74) is -0.177. The number of morpholine rings is 1. The molecule has 0 saturated carbocycles. The van der Waals surface area contributed by atoms with Crippen molar-refractivity contribution in [1.82, 2.24) is 9.21 Å². The van der Waals surface area contributed by atoms with Crippen molar-refractivity contribution in [1.29, 1.82) is 0 Å². The summed E-state index contributed by atoms with van der Waals surface area (Å²) in [5, 5.41) is 0. The molecule has 0 radical (unpaired) electrons. The number of ether oxygens (including phenoxy) is 1. The van der Waals surface area contributed by atoms with Crippen LogP contribution in [-0.2, 0) is 14.8 Å². The Balaban J connectivity index is 1.88. The van der Waals surface area contributed by atoms with E-state index in [0.717, 1.165) is 18.9 Å². The molecule has 0 N–H and O–H groups in total. The Morgan fingerprint density at radius 2 is 1.96 bits per heavy atom. The molecule has 1 amide bonds. The monoisotopic (exact) mass is 370 g/mol. The summed E-state index contributed by atoms with van der Waals surface area (Å²) < 4.78 is 46.2. The van der Waals surface area contributed by atoms with Gasteiger partial charge in [0.2, 0.25) is 10.0 Å². The van der Waals surface area contributed by atoms with Gasteiger partial charge in [-0.05, 0) is 37.0 Å². The van der Waals surface area contributed by atoms with E-state index in [1.54, 1.807) is 4.90 Å². The molecule has 0 aromatic heterocycles. The van der Waals surface area contributed by atoms with Crippen LogP contribution in [0.3, 0.4) is 0 Å². The summed E-state index contributed by atoms with van der Waals surface area (Å²) in [7, 11) is -3.76. The number of carbonyl (C=O) groups is 1. The lowest BCUT2D eigenvalue weighted by molar-refractivity contribution is 0.0677. The third-order valence-electron chi connectivity index (χ3n) is 4.72. The number of piperidine rings is 1. The van der Waals surface area contributed by atoms with E-state index in [9.17, 15) is 17.6 Å². The molecule has 6 nitrogen and oxygen atoms in total. The largest absolute Gasteiger partial charge is 0.379 e. The summed E-state index contributed by atoms with van der Waals surface area (Å²) in [6, 6.07) is 3.45. The van der Waals surface area contributed by atoms with E-state index in [2.05, 4.69) is 6.92 Å². The molecular weight excluding hydrogens is 347 g/mol. The van der Waals surface area contributed by atoms with Gasteiger partial charge in [0, 0.05) is 26.2 Å². The second-order valence-electron chi connectivity index (χ2n) is 6.66. The maximum atomic E-state index is 14.2. The van der Waals surface area contributed by atoms with Gasteiger partial charge in [0.15, 0.2) is 0 Å². The van der Waals surface area contributed by atoms with E-state index in [4.69, 9.17) is 4.74 Å². The lowest BCUT2D eigenvalue weighted by atomic mass is 9.99. The van der Waals surface area contributed by atoms with Crippen molar-refractivity contribution in [3.05, 3.63) is 29.6 Å². The van der Waals surface area contributed by atoms with Crippen LogP contribution in [0, 0.1) is 11.7 Å². The highest BCUT2D eigenvalue weighted by Gasteiger charge is 2.29.